The molecule has 0 saturated heterocycles. The second kappa shape index (κ2) is 3.57. The fourth-order valence-corrected chi connectivity index (χ4v) is 0.832. The van der Waals surface area contributed by atoms with E-state index in [9.17, 15) is 19.7 Å². The van der Waals surface area contributed by atoms with Gasteiger partial charge in [0, 0.05) is 11.6 Å². The summed E-state index contributed by atoms with van der Waals surface area (Å²) in [5.74, 6) is 0. The maximum Gasteiger partial charge on any atom is 0.281 e. The summed E-state index contributed by atoms with van der Waals surface area (Å²) in [4.78, 5) is 29.9. The van der Waals surface area contributed by atoms with E-state index < -0.39 is 10.6 Å². The van der Waals surface area contributed by atoms with Crippen molar-refractivity contribution in [3.05, 3.63) is 39.4 Å². The van der Waals surface area contributed by atoms with Gasteiger partial charge in [-0.1, -0.05) is 0 Å². The van der Waals surface area contributed by atoms with Gasteiger partial charge >= 0.3 is 0 Å². The average molecular weight is 177 g/mol. The normalized spacial score (nSPS) is 9.23. The predicted molar refractivity (Wildman–Crippen MR) is 42.7 cm³/mol. The Morgan fingerprint density at radius 3 is 2.38 bits per heavy atom. The van der Waals surface area contributed by atoms with Crippen molar-refractivity contribution in [1.29, 1.82) is 0 Å². The van der Waals surface area contributed by atoms with Crippen LogP contribution in [0.4, 0.5) is 5.69 Å². The summed E-state index contributed by atoms with van der Waals surface area (Å²) in [5, 5.41) is 10.3. The van der Waals surface area contributed by atoms with Gasteiger partial charge in [0.15, 0.2) is 0 Å². The first-order chi connectivity index (χ1) is 6.19. The first-order valence-corrected chi connectivity index (χ1v) is 3.24. The van der Waals surface area contributed by atoms with Crippen LogP contribution in [0.1, 0.15) is 11.1 Å². The number of rotatable bonds is 3. The van der Waals surface area contributed by atoms with E-state index in [4.69, 9.17) is 0 Å². The molecule has 64 valence electrons. The molecule has 0 N–H and O–H groups in total. The van der Waals surface area contributed by atoms with Crippen molar-refractivity contribution in [2.75, 3.05) is 0 Å². The van der Waals surface area contributed by atoms with Crippen molar-refractivity contribution >= 4 is 18.3 Å². The monoisotopic (exact) mass is 177 g/mol. The number of carbonyl (C=O) groups excluding carboxylic acids is 2. The molecular weight excluding hydrogens is 174 g/mol. The standard InChI is InChI=1S/C8H3NO4/c10-4-6-1-2-7(5-11)8(3-6)9(12)13/h1-3H. The van der Waals surface area contributed by atoms with E-state index in [0.29, 0.717) is 0 Å². The van der Waals surface area contributed by atoms with Crippen molar-refractivity contribution in [1.82, 2.24) is 0 Å². The van der Waals surface area contributed by atoms with E-state index in [-0.39, 0.29) is 11.1 Å². The van der Waals surface area contributed by atoms with Crippen LogP contribution in [-0.4, -0.2) is 17.5 Å². The first kappa shape index (κ1) is 9.05. The van der Waals surface area contributed by atoms with Gasteiger partial charge in [0.2, 0.25) is 12.6 Å². The van der Waals surface area contributed by atoms with E-state index in [2.05, 4.69) is 0 Å². The molecule has 0 saturated carbocycles. The maximum atomic E-state index is 10.3. The van der Waals surface area contributed by atoms with Gasteiger partial charge < -0.3 is 0 Å². The Hall–Kier alpha value is -2.04. The largest absolute Gasteiger partial charge is 0.285 e. The minimum atomic E-state index is -0.749. The van der Waals surface area contributed by atoms with Crippen LogP contribution >= 0.6 is 0 Å². The summed E-state index contributed by atoms with van der Waals surface area (Å²) in [7, 11) is 0. The third-order valence-corrected chi connectivity index (χ3v) is 1.42. The molecule has 0 amide bonds. The predicted octanol–water partition coefficient (Wildman–Crippen LogP) is 0.510. The molecule has 0 aliphatic rings. The van der Waals surface area contributed by atoms with Crippen LogP contribution in [0.3, 0.4) is 0 Å². The lowest BCUT2D eigenvalue weighted by Gasteiger charge is -1.94. The molecule has 0 aromatic heterocycles. The third-order valence-electron chi connectivity index (χ3n) is 1.42. The Labute approximate surface area is 73.1 Å². The maximum absolute atomic E-state index is 10.3. The molecule has 1 aromatic rings. The highest BCUT2D eigenvalue weighted by Crippen LogP contribution is 2.17. The topological polar surface area (TPSA) is 77.3 Å². The molecule has 1 aromatic carbocycles. The Kier molecular flexibility index (Phi) is 2.49. The zero-order valence-corrected chi connectivity index (χ0v) is 6.31. The number of hydrogen-bond donors (Lipinski definition) is 0. The second-order valence-corrected chi connectivity index (χ2v) is 2.19. The minimum absolute atomic E-state index is 0.0331. The van der Waals surface area contributed by atoms with Gasteiger partial charge in [-0.15, -0.1) is 0 Å². The molecule has 13 heavy (non-hydrogen) atoms. The highest BCUT2D eigenvalue weighted by Gasteiger charge is 2.14. The first-order valence-electron chi connectivity index (χ1n) is 3.24. The van der Waals surface area contributed by atoms with Gasteiger partial charge in [-0.2, -0.15) is 0 Å². The molecule has 1 rings (SSSR count). The van der Waals surface area contributed by atoms with Gasteiger partial charge in [-0.05, 0) is 12.1 Å². The zero-order chi connectivity index (χ0) is 9.84. The Morgan fingerprint density at radius 1 is 1.23 bits per heavy atom. The summed E-state index contributed by atoms with van der Waals surface area (Å²) >= 11 is 0. The summed E-state index contributed by atoms with van der Waals surface area (Å²) in [6.45, 7) is 0. The number of hydrogen-bond acceptors (Lipinski definition) is 4. The molecule has 0 aliphatic heterocycles. The Bertz CT molecular complexity index is 372. The van der Waals surface area contributed by atoms with Crippen molar-refractivity contribution in [2.45, 2.75) is 0 Å². The molecule has 0 fully saturated rings. The SMILES string of the molecule is O=[C]c1ccc([C]=O)c([N+](=O)[O-])c1. The lowest BCUT2D eigenvalue weighted by Crippen LogP contribution is -1.95. The van der Waals surface area contributed by atoms with Gasteiger partial charge in [-0.25, -0.2) is 0 Å². The third kappa shape index (κ3) is 1.76. The lowest BCUT2D eigenvalue weighted by molar-refractivity contribution is -0.385. The van der Waals surface area contributed by atoms with Crippen molar-refractivity contribution in [2.24, 2.45) is 0 Å². The molecule has 5 nitrogen and oxygen atoms in total. The van der Waals surface area contributed by atoms with Crippen molar-refractivity contribution < 1.29 is 14.5 Å². The highest BCUT2D eigenvalue weighted by molar-refractivity contribution is 5.85. The highest BCUT2D eigenvalue weighted by atomic mass is 16.6. The van der Waals surface area contributed by atoms with Crippen LogP contribution in [-0.2, 0) is 9.59 Å². The number of nitro groups is 1. The average Bonchev–Trinajstić information content (AvgIpc) is 2.16. The molecule has 0 heterocycles. The minimum Gasteiger partial charge on any atom is -0.285 e. The number of nitro benzene ring substituents is 1. The van der Waals surface area contributed by atoms with Gasteiger partial charge in [-0.3, -0.25) is 19.7 Å². The van der Waals surface area contributed by atoms with E-state index >= 15 is 0 Å². The molecule has 0 aliphatic carbocycles. The van der Waals surface area contributed by atoms with Crippen molar-refractivity contribution in [3.8, 4) is 0 Å². The summed E-state index contributed by atoms with van der Waals surface area (Å²) < 4.78 is 0. The van der Waals surface area contributed by atoms with E-state index in [1.54, 1.807) is 0 Å². The van der Waals surface area contributed by atoms with Gasteiger partial charge in [0.05, 0.1) is 4.92 Å². The molecule has 5 heteroatoms. The fourth-order valence-electron chi connectivity index (χ4n) is 0.832. The van der Waals surface area contributed by atoms with E-state index in [1.807, 2.05) is 0 Å². The van der Waals surface area contributed by atoms with Crippen LogP contribution < -0.4 is 0 Å². The van der Waals surface area contributed by atoms with Crippen LogP contribution in [0, 0.1) is 10.1 Å². The smallest absolute Gasteiger partial charge is 0.281 e. The van der Waals surface area contributed by atoms with E-state index in [0.717, 1.165) is 12.1 Å². The molecular formula is C8H3NO4. The summed E-state index contributed by atoms with van der Waals surface area (Å²) in [6, 6.07) is 3.40. The summed E-state index contributed by atoms with van der Waals surface area (Å²) in [6.07, 6.45) is 2.90. The molecule has 0 bridgehead atoms. The fraction of sp³-hybridized carbons (Fsp3) is 0. The van der Waals surface area contributed by atoms with Crippen molar-refractivity contribution in [3.63, 3.8) is 0 Å². The lowest BCUT2D eigenvalue weighted by atomic mass is 10.1. The van der Waals surface area contributed by atoms with Crippen LogP contribution in [0.15, 0.2) is 18.2 Å². The Balaban J connectivity index is 3.33. The molecule has 0 unspecified atom stereocenters. The quantitative estimate of drug-likeness (QED) is 0.497. The van der Waals surface area contributed by atoms with Crippen LogP contribution in [0.5, 0.6) is 0 Å². The summed E-state index contributed by atoms with van der Waals surface area (Å²) in [5.41, 5.74) is -0.578. The van der Waals surface area contributed by atoms with Crippen LogP contribution in [0.25, 0.3) is 0 Å². The van der Waals surface area contributed by atoms with Crippen LogP contribution in [0.2, 0.25) is 0 Å². The molecule has 0 atom stereocenters. The number of benzene rings is 1. The Morgan fingerprint density at radius 2 is 1.92 bits per heavy atom. The number of nitrogens with zero attached hydrogens (tertiary/aromatic N) is 1. The van der Waals surface area contributed by atoms with E-state index in [1.165, 1.54) is 18.6 Å². The van der Waals surface area contributed by atoms with Gasteiger partial charge in [0.1, 0.15) is 5.56 Å². The molecule has 0 spiro atoms. The zero-order valence-electron chi connectivity index (χ0n) is 6.31. The molecule has 2 radical (unpaired) electrons. The van der Waals surface area contributed by atoms with Gasteiger partial charge in [0.25, 0.3) is 5.69 Å². The second-order valence-electron chi connectivity index (χ2n) is 2.19.